The Morgan fingerprint density at radius 1 is 0.515 bits per heavy atom. The van der Waals surface area contributed by atoms with Crippen LogP contribution in [0.3, 0.4) is 0 Å². The van der Waals surface area contributed by atoms with E-state index >= 15 is 0 Å². The third-order valence-corrected chi connectivity index (χ3v) is 9.45. The van der Waals surface area contributed by atoms with Gasteiger partial charge in [0, 0.05) is 0 Å². The molecule has 9 heteroatoms. The Balaban J connectivity index is -0.000000962. The van der Waals surface area contributed by atoms with E-state index < -0.39 is 10.2 Å². The summed E-state index contributed by atoms with van der Waals surface area (Å²) in [5.41, 5.74) is 0. The van der Waals surface area contributed by atoms with Crippen LogP contribution in [0.1, 0.15) is 142 Å². The average molecular weight is 582 g/mol. The van der Waals surface area contributed by atoms with Crippen molar-refractivity contribution in [1.82, 2.24) is 0 Å². The number of rotatable bonds is 22. The summed E-state index contributed by atoms with van der Waals surface area (Å²) in [6.07, 6.45) is 29.8. The van der Waals surface area contributed by atoms with Gasteiger partial charge < -0.3 is 20.5 Å². The predicted octanol–water partition coefficient (Wildman–Crippen LogP) is 8.78. The molecule has 0 saturated heterocycles. The molecule has 0 aliphatic carbocycles. The quantitative estimate of drug-likeness (QED) is 0.0588. The molecule has 0 bridgehead atoms. The first kappa shape index (κ1) is 36.8. The van der Waals surface area contributed by atoms with E-state index in [1.807, 2.05) is 0 Å². The van der Waals surface area contributed by atoms with Gasteiger partial charge in [0.1, 0.15) is 0 Å². The molecule has 0 aromatic heterocycles. The molecular weight excluding hydrogens is 531 g/mol. The molecular formula is C24H51N2O6Sn-. The van der Waals surface area contributed by atoms with E-state index in [-0.39, 0.29) is 21.1 Å². The van der Waals surface area contributed by atoms with Gasteiger partial charge in [-0.15, -0.1) is 10.1 Å². The van der Waals surface area contributed by atoms with Crippen LogP contribution in [0, 0.1) is 25.4 Å². The van der Waals surface area contributed by atoms with Crippen LogP contribution in [-0.4, -0.2) is 36.5 Å². The van der Waals surface area contributed by atoms with Crippen molar-refractivity contribution < 1.29 is 15.4 Å². The molecule has 0 atom stereocenters. The zero-order valence-electron chi connectivity index (χ0n) is 21.4. The van der Waals surface area contributed by atoms with E-state index in [1.54, 1.807) is 21.7 Å². The molecule has 33 heavy (non-hydrogen) atoms. The number of nitrogens with zero attached hydrogens (tertiary/aromatic N) is 2. The van der Waals surface area contributed by atoms with Gasteiger partial charge in [-0.25, -0.2) is 0 Å². The summed E-state index contributed by atoms with van der Waals surface area (Å²) in [6.45, 7) is 4.61. The average Bonchev–Trinajstić information content (AvgIpc) is 2.74. The molecule has 2 radical (unpaired) electrons. The fourth-order valence-corrected chi connectivity index (χ4v) is 7.17. The molecule has 0 spiro atoms. The maximum absolute atomic E-state index is 8.36. The van der Waals surface area contributed by atoms with E-state index in [2.05, 4.69) is 13.8 Å². The summed E-state index contributed by atoms with van der Waals surface area (Å²) in [5.74, 6) is 0. The zero-order chi connectivity index (χ0) is 25.4. The second kappa shape index (κ2) is 35.8. The molecule has 0 saturated carbocycles. The summed E-state index contributed by atoms with van der Waals surface area (Å²) in [6, 6.07) is 0. The fraction of sp³-hybridized carbons (Fsp3) is 1.00. The fourth-order valence-electron chi connectivity index (χ4n) is 3.60. The Bertz CT molecular complexity index is 348. The Kier molecular flexibility index (Phi) is 39.9. The molecule has 0 unspecified atom stereocenters. The third kappa shape index (κ3) is 59.2. The minimum atomic E-state index is -1.75. The van der Waals surface area contributed by atoms with Crippen LogP contribution in [0.15, 0.2) is 0 Å². The van der Waals surface area contributed by atoms with Gasteiger partial charge in [-0.1, -0.05) is 0 Å². The van der Waals surface area contributed by atoms with Gasteiger partial charge in [-0.2, -0.15) is 0 Å². The molecule has 0 aliphatic rings. The van der Waals surface area contributed by atoms with Gasteiger partial charge in [0.25, 0.3) is 5.09 Å². The summed E-state index contributed by atoms with van der Waals surface area (Å²) < 4.78 is 3.33. The predicted molar refractivity (Wildman–Crippen MR) is 138 cm³/mol. The van der Waals surface area contributed by atoms with Crippen LogP contribution < -0.4 is 0 Å². The first-order valence-electron chi connectivity index (χ1n) is 13.2. The first-order chi connectivity index (χ1) is 15.9. The standard InChI is InChI=1S/2C12H25.HNO3.NO3.Sn/c2*1-3-5-7-9-11-12-10-8-6-4-2;2*2-1(3)4;/h2*1,3-12H2,2H3;(H,2,3,4);;/q;;;-1;. The number of hydrogen-bond donors (Lipinski definition) is 1. The monoisotopic (exact) mass is 583 g/mol. The molecule has 198 valence electrons. The van der Waals surface area contributed by atoms with E-state index in [0.717, 1.165) is 0 Å². The second-order valence-electron chi connectivity index (χ2n) is 8.58. The second-order valence-corrected chi connectivity index (χ2v) is 12.9. The van der Waals surface area contributed by atoms with Crippen molar-refractivity contribution in [3.8, 4) is 0 Å². The van der Waals surface area contributed by atoms with Crippen molar-refractivity contribution in [2.75, 3.05) is 0 Å². The molecule has 0 amide bonds. The molecule has 0 fully saturated rings. The van der Waals surface area contributed by atoms with Crippen molar-refractivity contribution in [2.24, 2.45) is 0 Å². The molecule has 8 nitrogen and oxygen atoms in total. The molecule has 1 N–H and O–H groups in total. The van der Waals surface area contributed by atoms with Crippen LogP contribution >= 0.6 is 0 Å². The van der Waals surface area contributed by atoms with Crippen molar-refractivity contribution in [2.45, 2.75) is 151 Å². The summed E-state index contributed by atoms with van der Waals surface area (Å²) in [5, 5.41) is 28.4. The molecule has 0 rings (SSSR count). The van der Waals surface area contributed by atoms with E-state index in [0.29, 0.717) is 0 Å². The van der Waals surface area contributed by atoms with Gasteiger partial charge in [0.2, 0.25) is 0 Å². The van der Waals surface area contributed by atoms with Gasteiger partial charge in [0.15, 0.2) is 0 Å². The van der Waals surface area contributed by atoms with Gasteiger partial charge in [0.05, 0.1) is 5.09 Å². The van der Waals surface area contributed by atoms with Crippen molar-refractivity contribution in [3.05, 3.63) is 25.4 Å². The molecule has 0 heterocycles. The Hall–Kier alpha value is -0.801. The normalized spacial score (nSPS) is 10.0. The van der Waals surface area contributed by atoms with Crippen LogP contribution in [-0.2, 0) is 0 Å². The van der Waals surface area contributed by atoms with Crippen LogP contribution in [0.4, 0.5) is 0 Å². The SMILES string of the molecule is CCCCCCCCCCC[CH2][Sn][CH2]CCCCCCCCCCC.O=[N+]([O-])O.O=[N+]([O-])[O-]. The van der Waals surface area contributed by atoms with E-state index in [1.165, 1.54) is 116 Å². The van der Waals surface area contributed by atoms with Crippen LogP contribution in [0.2, 0.25) is 8.87 Å². The number of hydrogen-bond acceptors (Lipinski definition) is 5. The Morgan fingerprint density at radius 2 is 0.697 bits per heavy atom. The smallest absolute Gasteiger partial charge is 0.356 e. The minimum Gasteiger partial charge on any atom is -0.356 e. The third-order valence-electron chi connectivity index (χ3n) is 5.41. The van der Waals surface area contributed by atoms with Crippen LogP contribution in [0.5, 0.6) is 0 Å². The molecule has 0 aliphatic heterocycles. The molecule has 0 aromatic rings. The topological polar surface area (TPSA) is 130 Å². The summed E-state index contributed by atoms with van der Waals surface area (Å²) in [4.78, 5) is 16.6. The first-order valence-corrected chi connectivity index (χ1v) is 17.3. The Labute approximate surface area is 212 Å². The van der Waals surface area contributed by atoms with Crippen molar-refractivity contribution in [3.63, 3.8) is 0 Å². The van der Waals surface area contributed by atoms with Crippen LogP contribution in [0.25, 0.3) is 0 Å². The maximum atomic E-state index is 8.36. The molecule has 0 aromatic carbocycles. The van der Waals surface area contributed by atoms with E-state index in [4.69, 9.17) is 30.6 Å². The van der Waals surface area contributed by atoms with Crippen molar-refractivity contribution >= 4 is 21.1 Å². The summed E-state index contributed by atoms with van der Waals surface area (Å²) in [7, 11) is 0. The number of unbranched alkanes of at least 4 members (excludes halogenated alkanes) is 18. The zero-order valence-corrected chi connectivity index (χ0v) is 24.3. The van der Waals surface area contributed by atoms with Gasteiger partial charge in [-0.05, 0) is 0 Å². The Morgan fingerprint density at radius 3 is 0.909 bits per heavy atom. The van der Waals surface area contributed by atoms with Gasteiger partial charge in [-0.3, -0.25) is 0 Å². The van der Waals surface area contributed by atoms with E-state index in [9.17, 15) is 0 Å². The minimum absolute atomic E-state index is 0.0377. The summed E-state index contributed by atoms with van der Waals surface area (Å²) >= 11 is 0.0377. The van der Waals surface area contributed by atoms with Gasteiger partial charge >= 0.3 is 172 Å². The van der Waals surface area contributed by atoms with Crippen molar-refractivity contribution in [1.29, 1.82) is 0 Å².